The molecule has 0 aliphatic carbocycles. The lowest BCUT2D eigenvalue weighted by atomic mass is 10.3. The molecule has 0 aliphatic heterocycles. The van der Waals surface area contributed by atoms with Crippen molar-refractivity contribution in [2.75, 3.05) is 20.3 Å². The molecule has 0 atom stereocenters. The van der Waals surface area contributed by atoms with Crippen LogP contribution < -0.4 is 5.32 Å². The van der Waals surface area contributed by atoms with Crippen LogP contribution in [0.5, 0.6) is 0 Å². The van der Waals surface area contributed by atoms with Crippen LogP contribution in [0.1, 0.15) is 25.1 Å². The van der Waals surface area contributed by atoms with E-state index in [2.05, 4.69) is 15.5 Å². The van der Waals surface area contributed by atoms with E-state index in [0.29, 0.717) is 12.4 Å². The number of ether oxygens (including phenoxy) is 1. The van der Waals surface area contributed by atoms with Gasteiger partial charge in [0, 0.05) is 20.1 Å². The van der Waals surface area contributed by atoms with E-state index in [4.69, 9.17) is 9.26 Å². The minimum absolute atomic E-state index is 0.671. The zero-order chi connectivity index (χ0) is 10.2. The number of hydrogen-bond donors (Lipinski definition) is 1. The van der Waals surface area contributed by atoms with Crippen molar-refractivity contribution in [1.29, 1.82) is 0 Å². The summed E-state index contributed by atoms with van der Waals surface area (Å²) in [7, 11) is 1.68. The number of nitrogens with one attached hydrogen (secondary N) is 1. The number of aromatic nitrogens is 2. The van der Waals surface area contributed by atoms with Crippen molar-refractivity contribution in [2.24, 2.45) is 0 Å². The third-order valence-corrected chi connectivity index (χ3v) is 1.78. The summed E-state index contributed by atoms with van der Waals surface area (Å²) in [5, 5.41) is 6.98. The highest BCUT2D eigenvalue weighted by molar-refractivity contribution is 4.85. The first-order valence-electron chi connectivity index (χ1n) is 4.88. The van der Waals surface area contributed by atoms with Gasteiger partial charge in [0.2, 0.25) is 5.89 Å². The van der Waals surface area contributed by atoms with Crippen molar-refractivity contribution in [3.05, 3.63) is 11.7 Å². The second kappa shape index (κ2) is 6.50. The van der Waals surface area contributed by atoms with Gasteiger partial charge in [0.05, 0.1) is 6.54 Å². The van der Waals surface area contributed by atoms with Crippen LogP contribution in [-0.4, -0.2) is 30.4 Å². The Morgan fingerprint density at radius 2 is 2.36 bits per heavy atom. The summed E-state index contributed by atoms with van der Waals surface area (Å²) >= 11 is 0. The molecule has 0 aromatic carbocycles. The summed E-state index contributed by atoms with van der Waals surface area (Å²) in [5.41, 5.74) is 0. The summed E-state index contributed by atoms with van der Waals surface area (Å²) in [6.45, 7) is 4.35. The van der Waals surface area contributed by atoms with E-state index in [1.807, 2.05) is 6.92 Å². The van der Waals surface area contributed by atoms with E-state index in [1.165, 1.54) is 0 Å². The zero-order valence-electron chi connectivity index (χ0n) is 8.75. The average Bonchev–Trinajstić information content (AvgIpc) is 2.63. The Morgan fingerprint density at radius 1 is 1.50 bits per heavy atom. The predicted molar refractivity (Wildman–Crippen MR) is 51.9 cm³/mol. The van der Waals surface area contributed by atoms with Crippen LogP contribution in [0, 0.1) is 0 Å². The monoisotopic (exact) mass is 199 g/mol. The Bertz CT molecular complexity index is 250. The molecule has 0 fully saturated rings. The Morgan fingerprint density at radius 3 is 3.07 bits per heavy atom. The van der Waals surface area contributed by atoms with Gasteiger partial charge in [-0.2, -0.15) is 4.98 Å². The van der Waals surface area contributed by atoms with Crippen molar-refractivity contribution >= 4 is 0 Å². The van der Waals surface area contributed by atoms with Gasteiger partial charge in [-0.15, -0.1) is 0 Å². The normalized spacial score (nSPS) is 10.7. The molecule has 5 nitrogen and oxygen atoms in total. The average molecular weight is 199 g/mol. The highest BCUT2D eigenvalue weighted by Gasteiger charge is 2.04. The van der Waals surface area contributed by atoms with Crippen molar-refractivity contribution in [2.45, 2.75) is 26.3 Å². The molecular formula is C9H17N3O2. The molecule has 14 heavy (non-hydrogen) atoms. The van der Waals surface area contributed by atoms with Gasteiger partial charge < -0.3 is 14.6 Å². The summed E-state index contributed by atoms with van der Waals surface area (Å²) in [5.74, 6) is 1.41. The molecule has 1 aromatic rings. The van der Waals surface area contributed by atoms with Gasteiger partial charge in [0.25, 0.3) is 0 Å². The maximum absolute atomic E-state index is 5.05. The first kappa shape index (κ1) is 11.1. The molecule has 1 N–H and O–H groups in total. The molecule has 1 aromatic heterocycles. The van der Waals surface area contributed by atoms with Gasteiger partial charge in [0.15, 0.2) is 5.82 Å². The number of hydrogen-bond acceptors (Lipinski definition) is 5. The maximum atomic E-state index is 5.05. The molecular weight excluding hydrogens is 182 g/mol. The Labute approximate surface area is 83.8 Å². The van der Waals surface area contributed by atoms with Crippen LogP contribution in [-0.2, 0) is 17.7 Å². The molecule has 0 saturated carbocycles. The first-order valence-corrected chi connectivity index (χ1v) is 4.88. The SMILES string of the molecule is CCNCc1noc(CCCOC)n1. The van der Waals surface area contributed by atoms with Crippen molar-refractivity contribution in [1.82, 2.24) is 15.5 Å². The van der Waals surface area contributed by atoms with Crippen LogP contribution >= 0.6 is 0 Å². The Kier molecular flexibility index (Phi) is 5.17. The molecule has 0 bridgehead atoms. The number of aryl methyl sites for hydroxylation is 1. The number of methoxy groups -OCH3 is 1. The highest BCUT2D eigenvalue weighted by Crippen LogP contribution is 2.00. The van der Waals surface area contributed by atoms with Gasteiger partial charge >= 0.3 is 0 Å². The summed E-state index contributed by atoms with van der Waals surface area (Å²) in [6, 6.07) is 0. The summed E-state index contributed by atoms with van der Waals surface area (Å²) < 4.78 is 9.98. The lowest BCUT2D eigenvalue weighted by Gasteiger charge is -1.94. The van der Waals surface area contributed by atoms with Crippen LogP contribution in [0.25, 0.3) is 0 Å². The summed E-state index contributed by atoms with van der Waals surface area (Å²) in [6.07, 6.45) is 1.70. The van der Waals surface area contributed by atoms with Crippen LogP contribution in [0.4, 0.5) is 0 Å². The zero-order valence-corrected chi connectivity index (χ0v) is 8.75. The van der Waals surface area contributed by atoms with Gasteiger partial charge in [-0.25, -0.2) is 0 Å². The third-order valence-electron chi connectivity index (χ3n) is 1.78. The van der Waals surface area contributed by atoms with Crippen LogP contribution in [0.15, 0.2) is 4.52 Å². The molecule has 0 unspecified atom stereocenters. The second-order valence-corrected chi connectivity index (χ2v) is 2.98. The Balaban J connectivity index is 2.27. The molecule has 0 spiro atoms. The number of rotatable bonds is 7. The minimum Gasteiger partial charge on any atom is -0.385 e. The van der Waals surface area contributed by atoms with Crippen LogP contribution in [0.2, 0.25) is 0 Å². The fourth-order valence-corrected chi connectivity index (χ4v) is 1.07. The summed E-state index contributed by atoms with van der Waals surface area (Å²) in [4.78, 5) is 4.22. The molecule has 1 rings (SSSR count). The van der Waals surface area contributed by atoms with E-state index >= 15 is 0 Å². The molecule has 1 heterocycles. The molecule has 80 valence electrons. The first-order chi connectivity index (χ1) is 6.86. The fraction of sp³-hybridized carbons (Fsp3) is 0.778. The quantitative estimate of drug-likeness (QED) is 0.657. The lowest BCUT2D eigenvalue weighted by Crippen LogP contribution is -2.12. The third kappa shape index (κ3) is 3.85. The van der Waals surface area contributed by atoms with Gasteiger partial charge in [-0.3, -0.25) is 0 Å². The van der Waals surface area contributed by atoms with Gasteiger partial charge in [0.1, 0.15) is 0 Å². The van der Waals surface area contributed by atoms with E-state index in [-0.39, 0.29) is 0 Å². The van der Waals surface area contributed by atoms with E-state index in [1.54, 1.807) is 7.11 Å². The maximum Gasteiger partial charge on any atom is 0.226 e. The molecule has 0 amide bonds. The van der Waals surface area contributed by atoms with Crippen molar-refractivity contribution < 1.29 is 9.26 Å². The Hall–Kier alpha value is -0.940. The molecule has 0 saturated heterocycles. The fourth-order valence-electron chi connectivity index (χ4n) is 1.07. The molecule has 5 heteroatoms. The highest BCUT2D eigenvalue weighted by atomic mass is 16.5. The lowest BCUT2D eigenvalue weighted by molar-refractivity contribution is 0.192. The van der Waals surface area contributed by atoms with Gasteiger partial charge in [-0.05, 0) is 13.0 Å². The van der Waals surface area contributed by atoms with Crippen molar-refractivity contribution in [3.63, 3.8) is 0 Å². The molecule has 0 radical (unpaired) electrons. The van der Waals surface area contributed by atoms with E-state index in [0.717, 1.165) is 31.8 Å². The largest absolute Gasteiger partial charge is 0.385 e. The standard InChI is InChI=1S/C9H17N3O2/c1-3-10-7-8-11-9(14-12-8)5-4-6-13-2/h10H,3-7H2,1-2H3. The van der Waals surface area contributed by atoms with Gasteiger partial charge in [-0.1, -0.05) is 12.1 Å². The van der Waals surface area contributed by atoms with Crippen molar-refractivity contribution in [3.8, 4) is 0 Å². The minimum atomic E-state index is 0.671. The van der Waals surface area contributed by atoms with E-state index in [9.17, 15) is 0 Å². The second-order valence-electron chi connectivity index (χ2n) is 2.98. The van der Waals surface area contributed by atoms with E-state index < -0.39 is 0 Å². The topological polar surface area (TPSA) is 60.2 Å². The van der Waals surface area contributed by atoms with Crippen LogP contribution in [0.3, 0.4) is 0 Å². The smallest absolute Gasteiger partial charge is 0.226 e. The predicted octanol–water partition coefficient (Wildman–Crippen LogP) is 0.758. The number of nitrogens with zero attached hydrogens (tertiary/aromatic N) is 2. The molecule has 0 aliphatic rings.